The lowest BCUT2D eigenvalue weighted by Crippen LogP contribution is -1.85. The van der Waals surface area contributed by atoms with Crippen LogP contribution in [0.25, 0.3) is 64.9 Å². The second kappa shape index (κ2) is 5.84. The minimum Gasteiger partial charge on any atom is -0.354 e. The topological polar surface area (TPSA) is 15.8 Å². The number of H-pyrrole nitrogens is 1. The molecule has 0 spiro atoms. The molecule has 1 nitrogen and oxygen atoms in total. The van der Waals surface area contributed by atoms with Crippen molar-refractivity contribution in [2.75, 3.05) is 0 Å². The number of hydrogen-bond acceptors (Lipinski definition) is 0. The summed E-state index contributed by atoms with van der Waals surface area (Å²) < 4.78 is 1.11. The summed E-state index contributed by atoms with van der Waals surface area (Å²) in [4.78, 5) is 3.59. The number of fused-ring (bicyclic) bond motifs is 11. The lowest BCUT2D eigenvalue weighted by molar-refractivity contribution is 1.55. The van der Waals surface area contributed by atoms with E-state index in [4.69, 9.17) is 0 Å². The van der Waals surface area contributed by atoms with E-state index in [0.717, 1.165) is 4.47 Å². The van der Waals surface area contributed by atoms with Crippen molar-refractivity contribution in [1.29, 1.82) is 0 Å². The van der Waals surface area contributed by atoms with Crippen LogP contribution < -0.4 is 0 Å². The molecule has 0 saturated carbocycles. The lowest BCUT2D eigenvalue weighted by atomic mass is 9.91. The van der Waals surface area contributed by atoms with Crippen LogP contribution in [0.5, 0.6) is 0 Å². The van der Waals surface area contributed by atoms with Gasteiger partial charge in [0.1, 0.15) is 0 Å². The van der Waals surface area contributed by atoms with Crippen LogP contribution in [0.4, 0.5) is 0 Å². The number of aromatic amines is 1. The highest BCUT2D eigenvalue weighted by Gasteiger charge is 2.13. The number of benzene rings is 6. The van der Waals surface area contributed by atoms with E-state index in [-0.39, 0.29) is 0 Å². The predicted molar refractivity (Wildman–Crippen MR) is 134 cm³/mol. The first kappa shape index (κ1) is 16.4. The zero-order valence-corrected chi connectivity index (χ0v) is 17.6. The van der Waals surface area contributed by atoms with Crippen LogP contribution >= 0.6 is 15.9 Å². The summed E-state index contributed by atoms with van der Waals surface area (Å²) in [5.41, 5.74) is 2.38. The summed E-state index contributed by atoms with van der Waals surface area (Å²) in [6.07, 6.45) is 0. The number of halogens is 1. The number of para-hydroxylation sites is 1. The average molecular weight is 446 g/mol. The summed E-state index contributed by atoms with van der Waals surface area (Å²) in [7, 11) is 0. The smallest absolute Gasteiger partial charge is 0.0471 e. The molecule has 0 saturated heterocycles. The summed E-state index contributed by atoms with van der Waals surface area (Å²) in [6, 6.07) is 33.2. The van der Waals surface area contributed by atoms with E-state index in [1.165, 1.54) is 64.9 Å². The molecule has 0 atom stereocenters. The van der Waals surface area contributed by atoms with E-state index < -0.39 is 0 Å². The number of nitrogens with one attached hydrogen (secondary N) is 1. The Hall–Kier alpha value is -3.36. The van der Waals surface area contributed by atoms with Crippen molar-refractivity contribution in [1.82, 2.24) is 4.98 Å². The van der Waals surface area contributed by atoms with Crippen LogP contribution in [0.15, 0.2) is 95.5 Å². The first-order chi connectivity index (χ1) is 14.8. The third-order valence-electron chi connectivity index (χ3n) is 6.40. The first-order valence-electron chi connectivity index (χ1n) is 10.1. The van der Waals surface area contributed by atoms with E-state index in [1.54, 1.807) is 0 Å². The average Bonchev–Trinajstić information content (AvgIpc) is 3.17. The van der Waals surface area contributed by atoms with Crippen LogP contribution in [-0.4, -0.2) is 4.98 Å². The molecule has 6 aromatic carbocycles. The number of hydrogen-bond donors (Lipinski definition) is 1. The Kier molecular flexibility index (Phi) is 3.20. The minimum absolute atomic E-state index is 1.11. The van der Waals surface area contributed by atoms with Gasteiger partial charge < -0.3 is 4.98 Å². The molecule has 0 aliphatic heterocycles. The Balaban J connectivity index is 1.78. The van der Waals surface area contributed by atoms with Crippen LogP contribution in [0.2, 0.25) is 0 Å². The van der Waals surface area contributed by atoms with Gasteiger partial charge >= 0.3 is 0 Å². The van der Waals surface area contributed by atoms with Gasteiger partial charge in [0.15, 0.2) is 0 Å². The molecule has 2 heteroatoms. The van der Waals surface area contributed by atoms with E-state index in [2.05, 4.69) is 112 Å². The molecule has 140 valence electrons. The predicted octanol–water partition coefficient (Wildman–Crippen LogP) is 8.70. The molecule has 30 heavy (non-hydrogen) atoms. The van der Waals surface area contributed by atoms with E-state index in [9.17, 15) is 0 Å². The molecule has 1 N–H and O–H groups in total. The van der Waals surface area contributed by atoms with Crippen molar-refractivity contribution in [2.45, 2.75) is 0 Å². The van der Waals surface area contributed by atoms with Gasteiger partial charge in [-0.25, -0.2) is 0 Å². The van der Waals surface area contributed by atoms with Crippen molar-refractivity contribution in [3.8, 4) is 0 Å². The Bertz CT molecular complexity index is 1810. The quantitative estimate of drug-likeness (QED) is 0.177. The van der Waals surface area contributed by atoms with Crippen molar-refractivity contribution in [3.05, 3.63) is 95.5 Å². The van der Waals surface area contributed by atoms with E-state index >= 15 is 0 Å². The van der Waals surface area contributed by atoms with Gasteiger partial charge in [-0.2, -0.15) is 0 Å². The molecular formula is C28H16BrN. The maximum absolute atomic E-state index is 3.67. The number of rotatable bonds is 0. The molecule has 1 heterocycles. The molecule has 0 radical (unpaired) electrons. The Morgan fingerprint density at radius 1 is 0.467 bits per heavy atom. The van der Waals surface area contributed by atoms with Crippen LogP contribution in [0.1, 0.15) is 0 Å². The van der Waals surface area contributed by atoms with Crippen LogP contribution in [0, 0.1) is 0 Å². The SMILES string of the molecule is Brc1ccc2c(c1)c1ccccc1c1cc3ccc4[nH]c5ccccc5c4c3cc21. The Morgan fingerprint density at radius 3 is 1.97 bits per heavy atom. The van der Waals surface area contributed by atoms with Gasteiger partial charge in [0.25, 0.3) is 0 Å². The molecule has 0 amide bonds. The van der Waals surface area contributed by atoms with Gasteiger partial charge in [-0.15, -0.1) is 0 Å². The standard InChI is InChI=1S/C28H16BrN/c29-17-10-11-20-24(14-17)19-6-2-1-5-18(19)23-13-16-9-12-27-28(22(16)15-25(20)23)21-7-3-4-8-26(21)30-27/h1-15,30H. The molecule has 0 unspecified atom stereocenters. The molecular weight excluding hydrogens is 430 g/mol. The summed E-state index contributed by atoms with van der Waals surface area (Å²) in [5.74, 6) is 0. The maximum atomic E-state index is 3.67. The van der Waals surface area contributed by atoms with Crippen molar-refractivity contribution < 1.29 is 0 Å². The second-order valence-corrected chi connectivity index (χ2v) is 8.93. The van der Waals surface area contributed by atoms with Gasteiger partial charge in [-0.1, -0.05) is 70.5 Å². The van der Waals surface area contributed by atoms with Gasteiger partial charge in [0, 0.05) is 26.3 Å². The lowest BCUT2D eigenvalue weighted by Gasteiger charge is -2.12. The molecule has 0 fully saturated rings. The van der Waals surface area contributed by atoms with Crippen LogP contribution in [-0.2, 0) is 0 Å². The van der Waals surface area contributed by atoms with Gasteiger partial charge in [0.05, 0.1) is 0 Å². The minimum atomic E-state index is 1.11. The Morgan fingerprint density at radius 2 is 1.13 bits per heavy atom. The van der Waals surface area contributed by atoms with Gasteiger partial charge in [-0.3, -0.25) is 0 Å². The van der Waals surface area contributed by atoms with E-state index in [1.807, 2.05) is 0 Å². The fourth-order valence-electron chi connectivity index (χ4n) is 5.09. The highest BCUT2D eigenvalue weighted by molar-refractivity contribution is 9.10. The molecule has 1 aromatic heterocycles. The third-order valence-corrected chi connectivity index (χ3v) is 6.90. The largest absolute Gasteiger partial charge is 0.354 e. The fraction of sp³-hybridized carbons (Fsp3) is 0. The van der Waals surface area contributed by atoms with Gasteiger partial charge in [-0.05, 0) is 79.5 Å². The third kappa shape index (κ3) is 2.12. The summed E-state index contributed by atoms with van der Waals surface area (Å²) >= 11 is 3.67. The second-order valence-electron chi connectivity index (χ2n) is 8.01. The van der Waals surface area contributed by atoms with Crippen molar-refractivity contribution in [2.24, 2.45) is 0 Å². The summed E-state index contributed by atoms with van der Waals surface area (Å²) in [6.45, 7) is 0. The van der Waals surface area contributed by atoms with Crippen molar-refractivity contribution in [3.63, 3.8) is 0 Å². The number of aromatic nitrogens is 1. The summed E-state index contributed by atoms with van der Waals surface area (Å²) in [5, 5.41) is 13.0. The maximum Gasteiger partial charge on any atom is 0.0471 e. The highest BCUT2D eigenvalue weighted by atomic mass is 79.9. The molecule has 7 rings (SSSR count). The molecule has 7 aromatic rings. The highest BCUT2D eigenvalue weighted by Crippen LogP contribution is 2.40. The van der Waals surface area contributed by atoms with E-state index in [0.29, 0.717) is 0 Å². The first-order valence-corrected chi connectivity index (χ1v) is 10.9. The Labute approximate surface area is 181 Å². The van der Waals surface area contributed by atoms with Crippen LogP contribution in [0.3, 0.4) is 0 Å². The zero-order chi connectivity index (χ0) is 19.8. The monoisotopic (exact) mass is 445 g/mol. The molecule has 0 aliphatic rings. The molecule has 0 aliphatic carbocycles. The normalized spacial score (nSPS) is 12.2. The van der Waals surface area contributed by atoms with Gasteiger partial charge in [0.2, 0.25) is 0 Å². The fourth-order valence-corrected chi connectivity index (χ4v) is 5.46. The zero-order valence-electron chi connectivity index (χ0n) is 16.0. The molecule has 0 bridgehead atoms. The van der Waals surface area contributed by atoms with Crippen molar-refractivity contribution >= 4 is 80.8 Å².